The van der Waals surface area contributed by atoms with Gasteiger partial charge in [0.2, 0.25) is 0 Å². The van der Waals surface area contributed by atoms with Gasteiger partial charge in [-0.25, -0.2) is 4.39 Å². The Bertz CT molecular complexity index is 658. The molecule has 2 aromatic rings. The molecule has 2 rings (SSSR count). The molecule has 2 N–H and O–H groups in total. The Labute approximate surface area is 136 Å². The average Bonchev–Trinajstić information content (AvgIpc) is 2.54. The van der Waals surface area contributed by atoms with Gasteiger partial charge in [0.25, 0.3) is 5.91 Å². The highest BCUT2D eigenvalue weighted by Gasteiger charge is 2.08. The lowest BCUT2D eigenvalue weighted by atomic mass is 10.1. The van der Waals surface area contributed by atoms with E-state index in [0.29, 0.717) is 36.7 Å². The zero-order valence-corrected chi connectivity index (χ0v) is 13.5. The summed E-state index contributed by atoms with van der Waals surface area (Å²) in [6.45, 7) is 5.27. The van der Waals surface area contributed by atoms with Gasteiger partial charge >= 0.3 is 0 Å². The highest BCUT2D eigenvalue weighted by Crippen LogP contribution is 2.10. The summed E-state index contributed by atoms with van der Waals surface area (Å²) in [6, 6.07) is 10.2. The summed E-state index contributed by atoms with van der Waals surface area (Å²) >= 11 is 0. The van der Waals surface area contributed by atoms with Crippen LogP contribution in [0.15, 0.2) is 42.6 Å². The van der Waals surface area contributed by atoms with Crippen molar-refractivity contribution in [2.45, 2.75) is 20.3 Å². The smallest absolute Gasteiger partial charge is 0.269 e. The first kappa shape index (κ1) is 16.9. The van der Waals surface area contributed by atoms with E-state index in [2.05, 4.69) is 15.6 Å². The maximum absolute atomic E-state index is 13.5. The van der Waals surface area contributed by atoms with Gasteiger partial charge in [-0.15, -0.1) is 0 Å². The van der Waals surface area contributed by atoms with E-state index in [4.69, 9.17) is 0 Å². The van der Waals surface area contributed by atoms with Crippen LogP contribution in [-0.4, -0.2) is 24.0 Å². The summed E-state index contributed by atoms with van der Waals surface area (Å²) in [5.74, 6) is 0.00950. The number of aromatic nitrogens is 1. The van der Waals surface area contributed by atoms with E-state index in [1.54, 1.807) is 30.5 Å². The maximum Gasteiger partial charge on any atom is 0.269 e. The highest BCUT2D eigenvalue weighted by atomic mass is 19.1. The number of nitrogens with zero attached hydrogens (tertiary/aromatic N) is 1. The summed E-state index contributed by atoms with van der Waals surface area (Å²) in [5, 5.41) is 6.03. The Balaban J connectivity index is 1.90. The Morgan fingerprint density at radius 2 is 2.04 bits per heavy atom. The first-order chi connectivity index (χ1) is 11.1. The van der Waals surface area contributed by atoms with Crippen molar-refractivity contribution in [2.75, 3.05) is 18.4 Å². The van der Waals surface area contributed by atoms with Gasteiger partial charge in [-0.1, -0.05) is 32.0 Å². The quantitative estimate of drug-likeness (QED) is 0.824. The van der Waals surface area contributed by atoms with Crippen LogP contribution in [0.25, 0.3) is 0 Å². The molecule has 1 aromatic carbocycles. The molecule has 0 aliphatic heterocycles. The van der Waals surface area contributed by atoms with Crippen molar-refractivity contribution in [1.82, 2.24) is 10.3 Å². The zero-order valence-electron chi connectivity index (χ0n) is 13.5. The zero-order chi connectivity index (χ0) is 16.7. The van der Waals surface area contributed by atoms with E-state index < -0.39 is 0 Å². The predicted molar refractivity (Wildman–Crippen MR) is 90.0 cm³/mol. The van der Waals surface area contributed by atoms with Gasteiger partial charge in [-0.05, 0) is 36.1 Å². The molecule has 0 saturated heterocycles. The predicted octanol–water partition coefficient (Wildman–Crippen LogP) is 3.26. The number of hydrogen-bond acceptors (Lipinski definition) is 3. The first-order valence-corrected chi connectivity index (χ1v) is 7.78. The molecule has 0 spiro atoms. The van der Waals surface area contributed by atoms with Gasteiger partial charge in [0.05, 0.1) is 0 Å². The van der Waals surface area contributed by atoms with Crippen molar-refractivity contribution in [3.05, 3.63) is 59.7 Å². The largest absolute Gasteiger partial charge is 0.385 e. The normalized spacial score (nSPS) is 10.6. The molecule has 0 radical (unpaired) electrons. The van der Waals surface area contributed by atoms with Crippen LogP contribution in [0.2, 0.25) is 0 Å². The average molecular weight is 315 g/mol. The minimum atomic E-state index is -0.196. The molecule has 0 bridgehead atoms. The summed E-state index contributed by atoms with van der Waals surface area (Å²) in [4.78, 5) is 16.1. The third-order valence-electron chi connectivity index (χ3n) is 3.34. The molecule has 5 heteroatoms. The highest BCUT2D eigenvalue weighted by molar-refractivity contribution is 5.93. The molecule has 0 saturated carbocycles. The van der Waals surface area contributed by atoms with E-state index in [1.165, 1.54) is 6.07 Å². The molecule has 4 nitrogen and oxygen atoms in total. The van der Waals surface area contributed by atoms with E-state index in [9.17, 15) is 9.18 Å². The lowest BCUT2D eigenvalue weighted by molar-refractivity contribution is 0.0944. The number of carbonyl (C=O) groups is 1. The number of anilines is 1. The van der Waals surface area contributed by atoms with E-state index in [-0.39, 0.29) is 11.7 Å². The summed E-state index contributed by atoms with van der Waals surface area (Å²) < 4.78 is 13.5. The molecule has 0 atom stereocenters. The third kappa shape index (κ3) is 5.36. The molecule has 0 unspecified atom stereocenters. The number of amides is 1. The van der Waals surface area contributed by atoms with Gasteiger partial charge in [-0.3, -0.25) is 9.78 Å². The molecular formula is C18H22FN3O. The van der Waals surface area contributed by atoms with Gasteiger partial charge in [0.15, 0.2) is 0 Å². The van der Waals surface area contributed by atoms with Crippen LogP contribution in [0, 0.1) is 11.7 Å². The second-order valence-electron chi connectivity index (χ2n) is 5.80. The van der Waals surface area contributed by atoms with Crippen LogP contribution >= 0.6 is 0 Å². The van der Waals surface area contributed by atoms with Crippen molar-refractivity contribution in [3.63, 3.8) is 0 Å². The van der Waals surface area contributed by atoms with Crippen LogP contribution in [0.4, 0.5) is 10.1 Å². The molecule has 0 fully saturated rings. The summed E-state index contributed by atoms with van der Waals surface area (Å²) in [6.07, 6.45) is 2.17. The van der Waals surface area contributed by atoms with Crippen molar-refractivity contribution in [2.24, 2.45) is 5.92 Å². The molecule has 0 aliphatic rings. The SMILES string of the molecule is CC(C)CNC(=O)c1cc(NCCc2ccccc2F)ccn1. The van der Waals surface area contributed by atoms with Gasteiger partial charge in [0, 0.05) is 25.0 Å². The Morgan fingerprint density at radius 3 is 2.78 bits per heavy atom. The number of benzene rings is 1. The monoisotopic (exact) mass is 315 g/mol. The van der Waals surface area contributed by atoms with Crippen LogP contribution in [-0.2, 0) is 6.42 Å². The number of halogens is 1. The Kier molecular flexibility index (Phi) is 6.09. The lowest BCUT2D eigenvalue weighted by Crippen LogP contribution is -2.28. The van der Waals surface area contributed by atoms with Crippen LogP contribution in [0.5, 0.6) is 0 Å². The lowest BCUT2D eigenvalue weighted by Gasteiger charge is -2.10. The van der Waals surface area contributed by atoms with Gasteiger partial charge in [0.1, 0.15) is 11.5 Å². The Hall–Kier alpha value is -2.43. The minimum Gasteiger partial charge on any atom is -0.385 e. The van der Waals surface area contributed by atoms with Crippen LogP contribution in [0.3, 0.4) is 0 Å². The number of pyridine rings is 1. The second-order valence-corrected chi connectivity index (χ2v) is 5.80. The molecule has 1 amide bonds. The fraction of sp³-hybridized carbons (Fsp3) is 0.333. The van der Waals surface area contributed by atoms with Crippen molar-refractivity contribution in [1.29, 1.82) is 0 Å². The molecule has 122 valence electrons. The number of hydrogen-bond donors (Lipinski definition) is 2. The minimum absolute atomic E-state index is 0.184. The molecular weight excluding hydrogens is 293 g/mol. The topological polar surface area (TPSA) is 54.0 Å². The molecule has 23 heavy (non-hydrogen) atoms. The van der Waals surface area contributed by atoms with Crippen molar-refractivity contribution < 1.29 is 9.18 Å². The van der Waals surface area contributed by atoms with Crippen LogP contribution in [0.1, 0.15) is 29.9 Å². The van der Waals surface area contributed by atoms with Crippen molar-refractivity contribution >= 4 is 11.6 Å². The fourth-order valence-electron chi connectivity index (χ4n) is 2.09. The number of carbonyl (C=O) groups excluding carboxylic acids is 1. The number of rotatable bonds is 7. The molecule has 1 aromatic heterocycles. The van der Waals surface area contributed by atoms with Crippen molar-refractivity contribution in [3.8, 4) is 0 Å². The van der Waals surface area contributed by atoms with Gasteiger partial charge < -0.3 is 10.6 Å². The summed E-state index contributed by atoms with van der Waals surface area (Å²) in [5.41, 5.74) is 1.84. The fourth-order valence-corrected chi connectivity index (χ4v) is 2.09. The van der Waals surface area contributed by atoms with E-state index in [1.807, 2.05) is 19.9 Å². The maximum atomic E-state index is 13.5. The van der Waals surface area contributed by atoms with E-state index >= 15 is 0 Å². The number of nitrogens with one attached hydrogen (secondary N) is 2. The molecule has 0 aliphatic carbocycles. The Morgan fingerprint density at radius 1 is 1.26 bits per heavy atom. The summed E-state index contributed by atoms with van der Waals surface area (Å²) in [7, 11) is 0. The van der Waals surface area contributed by atoms with Crippen LogP contribution < -0.4 is 10.6 Å². The second kappa shape index (κ2) is 8.27. The first-order valence-electron chi connectivity index (χ1n) is 7.78. The standard InChI is InChI=1S/C18H22FN3O/c1-13(2)12-22-18(23)17-11-15(8-10-21-17)20-9-7-14-5-3-4-6-16(14)19/h3-6,8,10-11,13H,7,9,12H2,1-2H3,(H,20,21)(H,22,23). The van der Waals surface area contributed by atoms with E-state index in [0.717, 1.165) is 5.69 Å². The molecule has 1 heterocycles. The van der Waals surface area contributed by atoms with Gasteiger partial charge in [-0.2, -0.15) is 0 Å². The third-order valence-corrected chi connectivity index (χ3v) is 3.34.